The molecular weight excluding hydrogens is 340 g/mol. The Morgan fingerprint density at radius 1 is 1.04 bits per heavy atom. The molecule has 0 radical (unpaired) electrons. The van der Waals surface area contributed by atoms with Crippen molar-refractivity contribution >= 4 is 11.8 Å². The van der Waals surface area contributed by atoms with Crippen LogP contribution >= 0.6 is 0 Å². The first-order valence-corrected chi connectivity index (χ1v) is 8.78. The second-order valence-corrected chi connectivity index (χ2v) is 6.28. The molecule has 27 heavy (non-hydrogen) atoms. The van der Waals surface area contributed by atoms with E-state index in [-0.39, 0.29) is 24.3 Å². The summed E-state index contributed by atoms with van der Waals surface area (Å²) in [6.07, 6.45) is 0. The third-order valence-corrected chi connectivity index (χ3v) is 3.94. The fourth-order valence-electron chi connectivity index (χ4n) is 2.50. The first-order chi connectivity index (χ1) is 13.0. The number of para-hydroxylation sites is 1. The van der Waals surface area contributed by atoms with Crippen LogP contribution in [0.2, 0.25) is 0 Å². The molecule has 140 valence electrons. The van der Waals surface area contributed by atoms with Gasteiger partial charge in [-0.15, -0.1) is 0 Å². The van der Waals surface area contributed by atoms with Crippen molar-refractivity contribution in [3.05, 3.63) is 65.7 Å². The minimum Gasteiger partial charge on any atom is -0.496 e. The van der Waals surface area contributed by atoms with Gasteiger partial charge in [-0.25, -0.2) is 0 Å². The largest absolute Gasteiger partial charge is 0.496 e. The van der Waals surface area contributed by atoms with Crippen molar-refractivity contribution in [3.8, 4) is 17.6 Å². The van der Waals surface area contributed by atoms with Crippen LogP contribution in [-0.4, -0.2) is 31.5 Å². The zero-order valence-electron chi connectivity index (χ0n) is 15.8. The molecule has 0 heterocycles. The average molecular weight is 364 g/mol. The Labute approximate surface area is 160 Å². The molecule has 5 nitrogen and oxygen atoms in total. The zero-order chi connectivity index (χ0) is 19.6. The van der Waals surface area contributed by atoms with E-state index in [9.17, 15) is 9.59 Å². The summed E-state index contributed by atoms with van der Waals surface area (Å²) < 4.78 is 5.21. The average Bonchev–Trinajstić information content (AvgIpc) is 2.69. The Morgan fingerprint density at radius 2 is 1.70 bits per heavy atom. The van der Waals surface area contributed by atoms with Gasteiger partial charge in [0, 0.05) is 5.56 Å². The summed E-state index contributed by atoms with van der Waals surface area (Å²) in [7, 11) is 1.50. The predicted molar refractivity (Wildman–Crippen MR) is 105 cm³/mol. The molecule has 0 saturated heterocycles. The maximum atomic E-state index is 12.6. The number of rotatable bonds is 6. The van der Waals surface area contributed by atoms with Crippen LogP contribution in [0.4, 0.5) is 0 Å². The molecule has 0 bridgehead atoms. The van der Waals surface area contributed by atoms with Crippen molar-refractivity contribution in [1.82, 2.24) is 10.6 Å². The fraction of sp³-hybridized carbons (Fsp3) is 0.273. The molecule has 2 aromatic rings. The van der Waals surface area contributed by atoms with Crippen LogP contribution in [0.5, 0.6) is 5.75 Å². The maximum absolute atomic E-state index is 12.6. The lowest BCUT2D eigenvalue weighted by Gasteiger charge is -2.21. The van der Waals surface area contributed by atoms with E-state index in [0.29, 0.717) is 11.3 Å². The highest BCUT2D eigenvalue weighted by atomic mass is 16.5. The number of hydrogen-bond donors (Lipinski definition) is 2. The molecule has 2 N–H and O–H groups in total. The Balaban J connectivity index is 1.99. The van der Waals surface area contributed by atoms with E-state index in [1.807, 2.05) is 44.2 Å². The number of ether oxygens (including phenoxy) is 1. The van der Waals surface area contributed by atoms with Crippen molar-refractivity contribution < 1.29 is 14.3 Å². The minimum atomic E-state index is -0.666. The number of amides is 2. The van der Waals surface area contributed by atoms with Gasteiger partial charge in [-0.2, -0.15) is 0 Å². The molecule has 2 aromatic carbocycles. The van der Waals surface area contributed by atoms with E-state index in [0.717, 1.165) is 5.56 Å². The smallest absolute Gasteiger partial charge is 0.255 e. The van der Waals surface area contributed by atoms with Gasteiger partial charge in [-0.3, -0.25) is 9.59 Å². The Morgan fingerprint density at radius 3 is 2.37 bits per heavy atom. The molecule has 0 fully saturated rings. The fourth-order valence-corrected chi connectivity index (χ4v) is 2.50. The van der Waals surface area contributed by atoms with Crippen LogP contribution in [0.15, 0.2) is 54.6 Å². The highest BCUT2D eigenvalue weighted by molar-refractivity contribution is 5.99. The SMILES string of the molecule is COc1ccccc1C(=O)NC(C(=O)NCC#Cc1ccccc1)C(C)C. The van der Waals surface area contributed by atoms with Crippen molar-refractivity contribution in [2.45, 2.75) is 19.9 Å². The third-order valence-electron chi connectivity index (χ3n) is 3.94. The van der Waals surface area contributed by atoms with Gasteiger partial charge in [0.15, 0.2) is 0 Å². The van der Waals surface area contributed by atoms with E-state index >= 15 is 0 Å². The topological polar surface area (TPSA) is 67.4 Å². The third kappa shape index (κ3) is 5.89. The summed E-state index contributed by atoms with van der Waals surface area (Å²) in [6.45, 7) is 3.96. The molecule has 2 rings (SSSR count). The van der Waals surface area contributed by atoms with Gasteiger partial charge in [0.25, 0.3) is 5.91 Å². The zero-order valence-corrected chi connectivity index (χ0v) is 15.8. The van der Waals surface area contributed by atoms with E-state index < -0.39 is 6.04 Å². The summed E-state index contributed by atoms with van der Waals surface area (Å²) in [5.41, 5.74) is 1.28. The molecule has 0 spiro atoms. The minimum absolute atomic E-state index is 0.0780. The van der Waals surface area contributed by atoms with Crippen molar-refractivity contribution in [3.63, 3.8) is 0 Å². The van der Waals surface area contributed by atoms with Crippen molar-refractivity contribution in [2.75, 3.05) is 13.7 Å². The summed E-state index contributed by atoms with van der Waals surface area (Å²) >= 11 is 0. The van der Waals surface area contributed by atoms with Crippen LogP contribution < -0.4 is 15.4 Å². The number of nitrogens with one attached hydrogen (secondary N) is 2. The Bertz CT molecular complexity index is 835. The first-order valence-electron chi connectivity index (χ1n) is 8.78. The van der Waals surface area contributed by atoms with Crippen LogP contribution in [0.3, 0.4) is 0 Å². The van der Waals surface area contributed by atoms with Gasteiger partial charge in [0.2, 0.25) is 5.91 Å². The van der Waals surface area contributed by atoms with E-state index in [2.05, 4.69) is 22.5 Å². The summed E-state index contributed by atoms with van der Waals surface area (Å²) in [4.78, 5) is 25.1. The molecule has 1 atom stereocenters. The first kappa shape index (κ1) is 20.1. The quantitative estimate of drug-likeness (QED) is 0.775. The highest BCUT2D eigenvalue weighted by Crippen LogP contribution is 2.17. The lowest BCUT2D eigenvalue weighted by molar-refractivity contribution is -0.123. The van der Waals surface area contributed by atoms with Crippen LogP contribution in [-0.2, 0) is 4.79 Å². The number of carbonyl (C=O) groups excluding carboxylic acids is 2. The molecule has 2 amide bonds. The second-order valence-electron chi connectivity index (χ2n) is 6.28. The highest BCUT2D eigenvalue weighted by Gasteiger charge is 2.25. The number of hydrogen-bond acceptors (Lipinski definition) is 3. The molecule has 0 aliphatic heterocycles. The van der Waals surface area contributed by atoms with Crippen LogP contribution in [0.1, 0.15) is 29.8 Å². The lowest BCUT2D eigenvalue weighted by atomic mass is 10.0. The Hall–Kier alpha value is -3.26. The van der Waals surface area contributed by atoms with Crippen molar-refractivity contribution in [2.24, 2.45) is 5.92 Å². The molecule has 0 aliphatic carbocycles. The summed E-state index contributed by atoms with van der Waals surface area (Å²) in [6, 6.07) is 15.8. The molecular formula is C22H24N2O3. The molecule has 1 unspecified atom stereocenters. The number of benzene rings is 2. The van der Waals surface area contributed by atoms with E-state index in [4.69, 9.17) is 4.74 Å². The molecule has 0 aromatic heterocycles. The van der Waals surface area contributed by atoms with Gasteiger partial charge in [-0.05, 0) is 30.2 Å². The number of methoxy groups -OCH3 is 1. The second kappa shape index (κ2) is 10.0. The maximum Gasteiger partial charge on any atom is 0.255 e. The molecule has 0 saturated carbocycles. The summed E-state index contributed by atoms with van der Waals surface area (Å²) in [5, 5.41) is 5.55. The van der Waals surface area contributed by atoms with Gasteiger partial charge in [0.1, 0.15) is 11.8 Å². The number of carbonyl (C=O) groups is 2. The van der Waals surface area contributed by atoms with E-state index in [1.54, 1.807) is 24.3 Å². The van der Waals surface area contributed by atoms with Gasteiger partial charge < -0.3 is 15.4 Å². The van der Waals surface area contributed by atoms with Crippen molar-refractivity contribution in [1.29, 1.82) is 0 Å². The van der Waals surface area contributed by atoms with Crippen LogP contribution in [0.25, 0.3) is 0 Å². The van der Waals surface area contributed by atoms with Gasteiger partial charge in [0.05, 0.1) is 19.2 Å². The predicted octanol–water partition coefficient (Wildman–Crippen LogP) is 2.62. The molecule has 5 heteroatoms. The molecule has 0 aliphatic rings. The standard InChI is InChI=1S/C22H24N2O3/c1-16(2)20(24-21(25)18-13-7-8-14-19(18)27-3)22(26)23-15-9-12-17-10-5-4-6-11-17/h4-8,10-11,13-14,16,20H,15H2,1-3H3,(H,23,26)(H,24,25). The Kier molecular flexibility index (Phi) is 7.45. The summed E-state index contributed by atoms with van der Waals surface area (Å²) in [5.74, 6) is 5.66. The van der Waals surface area contributed by atoms with E-state index in [1.165, 1.54) is 7.11 Å². The monoisotopic (exact) mass is 364 g/mol. The van der Waals surface area contributed by atoms with Crippen LogP contribution in [0, 0.1) is 17.8 Å². The lowest BCUT2D eigenvalue weighted by Crippen LogP contribution is -2.49. The normalized spacial score (nSPS) is 11.1. The van der Waals surface area contributed by atoms with Gasteiger partial charge >= 0.3 is 0 Å². The van der Waals surface area contributed by atoms with Gasteiger partial charge in [-0.1, -0.05) is 56.0 Å².